The Morgan fingerprint density at radius 3 is 2.43 bits per heavy atom. The topological polar surface area (TPSA) is 63.3 Å². The van der Waals surface area contributed by atoms with Gasteiger partial charge in [0.15, 0.2) is 0 Å². The number of halogens is 1. The maximum Gasteiger partial charge on any atom is 0.140 e. The van der Waals surface area contributed by atoms with Crippen molar-refractivity contribution in [1.82, 2.24) is 14.5 Å². The van der Waals surface area contributed by atoms with Crippen LogP contribution in [0.25, 0.3) is 22.5 Å². The lowest BCUT2D eigenvalue weighted by Crippen LogP contribution is -1.97. The Balaban J connectivity index is 2.20. The lowest BCUT2D eigenvalue weighted by molar-refractivity contribution is 0.320. The molecule has 0 fully saturated rings. The van der Waals surface area contributed by atoms with Crippen LogP contribution >= 0.6 is 0 Å². The van der Waals surface area contributed by atoms with Crippen molar-refractivity contribution in [3.8, 4) is 22.5 Å². The Labute approximate surface area is 120 Å². The van der Waals surface area contributed by atoms with Crippen LogP contribution in [0.15, 0.2) is 60.3 Å². The molecular formula is C15H11FN4O. The van der Waals surface area contributed by atoms with Crippen LogP contribution in [-0.2, 0) is 0 Å². The summed E-state index contributed by atoms with van der Waals surface area (Å²) < 4.78 is 14.7. The zero-order valence-corrected chi connectivity index (χ0v) is 10.9. The smallest absolute Gasteiger partial charge is 0.140 e. The van der Waals surface area contributed by atoms with Gasteiger partial charge in [-0.05, 0) is 36.4 Å². The molecule has 0 aliphatic rings. The number of benzene rings is 1. The Morgan fingerprint density at radius 1 is 1.05 bits per heavy atom. The van der Waals surface area contributed by atoms with Gasteiger partial charge >= 0.3 is 0 Å². The van der Waals surface area contributed by atoms with Crippen molar-refractivity contribution >= 4 is 6.34 Å². The minimum Gasteiger partial charge on any atom is -0.410 e. The van der Waals surface area contributed by atoms with Crippen LogP contribution in [0.2, 0.25) is 0 Å². The second-order valence-corrected chi connectivity index (χ2v) is 4.32. The van der Waals surface area contributed by atoms with Crippen molar-refractivity contribution in [2.45, 2.75) is 0 Å². The van der Waals surface area contributed by atoms with E-state index in [1.54, 1.807) is 29.1 Å². The zero-order chi connectivity index (χ0) is 14.7. The molecule has 0 unspecified atom stereocenters. The van der Waals surface area contributed by atoms with Crippen molar-refractivity contribution in [1.29, 1.82) is 0 Å². The number of pyridine rings is 1. The maximum absolute atomic E-state index is 13.1. The van der Waals surface area contributed by atoms with Crippen LogP contribution in [0.3, 0.4) is 0 Å². The van der Waals surface area contributed by atoms with E-state index in [1.807, 2.05) is 12.1 Å². The fourth-order valence-electron chi connectivity index (χ4n) is 2.12. The average Bonchev–Trinajstić information content (AvgIpc) is 2.93. The molecule has 2 heterocycles. The van der Waals surface area contributed by atoms with E-state index in [0.717, 1.165) is 16.8 Å². The normalized spacial score (nSPS) is 11.1. The number of rotatable bonds is 3. The SMILES string of the molecule is ON=Cn1cnc(-c2ccc(F)cc2)c1-c1ccncc1. The molecule has 104 valence electrons. The standard InChI is InChI=1S/C15H11FN4O/c16-13-3-1-11(2-4-13)14-15(12-5-7-17-8-6-12)20(9-18-14)10-19-21/h1-10,21H. The third kappa shape index (κ3) is 2.51. The fraction of sp³-hybridized carbons (Fsp3) is 0. The van der Waals surface area contributed by atoms with E-state index in [9.17, 15) is 4.39 Å². The maximum atomic E-state index is 13.1. The van der Waals surface area contributed by atoms with Gasteiger partial charge in [0.25, 0.3) is 0 Å². The Hall–Kier alpha value is -3.02. The van der Waals surface area contributed by atoms with E-state index in [1.165, 1.54) is 24.8 Å². The largest absolute Gasteiger partial charge is 0.410 e. The molecular weight excluding hydrogens is 271 g/mol. The summed E-state index contributed by atoms with van der Waals surface area (Å²) in [5.41, 5.74) is 3.04. The van der Waals surface area contributed by atoms with Gasteiger partial charge in [0, 0.05) is 23.5 Å². The highest BCUT2D eigenvalue weighted by Gasteiger charge is 2.14. The Morgan fingerprint density at radius 2 is 1.76 bits per heavy atom. The van der Waals surface area contributed by atoms with Crippen LogP contribution in [0.5, 0.6) is 0 Å². The summed E-state index contributed by atoms with van der Waals surface area (Å²) >= 11 is 0. The van der Waals surface area contributed by atoms with E-state index >= 15 is 0 Å². The number of imidazole rings is 1. The predicted octanol–water partition coefficient (Wildman–Crippen LogP) is 3.02. The molecule has 0 saturated heterocycles. The lowest BCUT2D eigenvalue weighted by atomic mass is 10.1. The van der Waals surface area contributed by atoms with Gasteiger partial charge in [0.1, 0.15) is 18.5 Å². The first-order valence-electron chi connectivity index (χ1n) is 6.20. The van der Waals surface area contributed by atoms with Crippen LogP contribution in [-0.4, -0.2) is 26.1 Å². The minimum atomic E-state index is -0.305. The van der Waals surface area contributed by atoms with Crippen LogP contribution < -0.4 is 0 Å². The molecule has 0 aliphatic heterocycles. The average molecular weight is 282 g/mol. The van der Waals surface area contributed by atoms with E-state index in [-0.39, 0.29) is 5.82 Å². The monoisotopic (exact) mass is 282 g/mol. The molecule has 0 bridgehead atoms. The fourth-order valence-corrected chi connectivity index (χ4v) is 2.12. The van der Waals surface area contributed by atoms with Gasteiger partial charge < -0.3 is 5.21 Å². The molecule has 6 heteroatoms. The Kier molecular flexibility index (Phi) is 3.42. The first kappa shape index (κ1) is 13.0. The molecule has 0 spiro atoms. The molecule has 0 saturated carbocycles. The first-order valence-corrected chi connectivity index (χ1v) is 6.20. The van der Waals surface area contributed by atoms with Gasteiger partial charge in [-0.1, -0.05) is 5.16 Å². The molecule has 2 aromatic heterocycles. The summed E-state index contributed by atoms with van der Waals surface area (Å²) in [5.74, 6) is -0.305. The molecule has 0 aliphatic carbocycles. The van der Waals surface area contributed by atoms with Gasteiger partial charge in [-0.3, -0.25) is 9.55 Å². The molecule has 0 atom stereocenters. The quantitative estimate of drug-likeness (QED) is 0.347. The molecule has 3 aromatic rings. The molecule has 5 nitrogen and oxygen atoms in total. The van der Waals surface area contributed by atoms with Gasteiger partial charge in [0.05, 0.1) is 11.4 Å². The second-order valence-electron chi connectivity index (χ2n) is 4.32. The molecule has 1 aromatic carbocycles. The highest BCUT2D eigenvalue weighted by atomic mass is 19.1. The predicted molar refractivity (Wildman–Crippen MR) is 76.5 cm³/mol. The third-order valence-corrected chi connectivity index (χ3v) is 3.04. The highest BCUT2D eigenvalue weighted by Crippen LogP contribution is 2.30. The third-order valence-electron chi connectivity index (χ3n) is 3.04. The summed E-state index contributed by atoms with van der Waals surface area (Å²) in [7, 11) is 0. The van der Waals surface area contributed by atoms with Crippen LogP contribution in [0.1, 0.15) is 0 Å². The van der Waals surface area contributed by atoms with Crippen molar-refractivity contribution in [3.63, 3.8) is 0 Å². The number of nitrogens with zero attached hydrogens (tertiary/aromatic N) is 4. The number of oxime groups is 1. The Bertz CT molecular complexity index is 766. The summed E-state index contributed by atoms with van der Waals surface area (Å²) in [5, 5.41) is 11.8. The minimum absolute atomic E-state index is 0.305. The number of hydrogen-bond acceptors (Lipinski definition) is 4. The lowest BCUT2D eigenvalue weighted by Gasteiger charge is -2.06. The molecule has 0 radical (unpaired) electrons. The van der Waals surface area contributed by atoms with Gasteiger partial charge in [-0.2, -0.15) is 0 Å². The summed E-state index contributed by atoms with van der Waals surface area (Å²) in [6.07, 6.45) is 6.11. The van der Waals surface area contributed by atoms with E-state index in [2.05, 4.69) is 15.1 Å². The van der Waals surface area contributed by atoms with Crippen molar-refractivity contribution in [2.75, 3.05) is 0 Å². The number of hydrogen-bond donors (Lipinski definition) is 1. The van der Waals surface area contributed by atoms with E-state index in [0.29, 0.717) is 5.69 Å². The zero-order valence-electron chi connectivity index (χ0n) is 10.9. The summed E-state index contributed by atoms with van der Waals surface area (Å²) in [6.45, 7) is 0. The number of aromatic nitrogens is 3. The molecule has 21 heavy (non-hydrogen) atoms. The molecule has 1 N–H and O–H groups in total. The van der Waals surface area contributed by atoms with Crippen LogP contribution in [0, 0.1) is 5.82 Å². The first-order chi connectivity index (χ1) is 10.3. The van der Waals surface area contributed by atoms with Crippen molar-refractivity contribution < 1.29 is 9.60 Å². The highest BCUT2D eigenvalue weighted by molar-refractivity contribution is 5.83. The van der Waals surface area contributed by atoms with E-state index in [4.69, 9.17) is 5.21 Å². The van der Waals surface area contributed by atoms with Gasteiger partial charge in [-0.25, -0.2) is 9.37 Å². The molecule has 3 rings (SSSR count). The summed E-state index contributed by atoms with van der Waals surface area (Å²) in [6, 6.07) is 9.72. The second kappa shape index (κ2) is 5.54. The summed E-state index contributed by atoms with van der Waals surface area (Å²) in [4.78, 5) is 8.31. The van der Waals surface area contributed by atoms with Gasteiger partial charge in [0.2, 0.25) is 0 Å². The molecule has 0 amide bonds. The van der Waals surface area contributed by atoms with Crippen molar-refractivity contribution in [2.24, 2.45) is 5.16 Å². The van der Waals surface area contributed by atoms with Crippen molar-refractivity contribution in [3.05, 3.63) is 60.9 Å². The van der Waals surface area contributed by atoms with Gasteiger partial charge in [-0.15, -0.1) is 0 Å². The van der Waals surface area contributed by atoms with Crippen LogP contribution in [0.4, 0.5) is 4.39 Å². The van der Waals surface area contributed by atoms with E-state index < -0.39 is 0 Å².